The number of hydrogen-bond acceptors (Lipinski definition) is 0. The normalized spacial score (nSPS) is 10.3. The molecule has 1 radical (unpaired) electrons. The maximum Gasteiger partial charge on any atom is -0.0233 e. The predicted molar refractivity (Wildman–Crippen MR) is 49.8 cm³/mol. The van der Waals surface area contributed by atoms with E-state index in [0.717, 1.165) is 0 Å². The maximum absolute atomic E-state index is 4.04. The Labute approximate surface area is 69.3 Å². The fraction of sp³-hybridized carbons (Fsp3) is 0.364. The number of hydrogen-bond donors (Lipinski definition) is 0. The Morgan fingerprint density at radius 3 is 1.64 bits per heavy atom. The van der Waals surface area contributed by atoms with Crippen molar-refractivity contribution in [3.05, 3.63) is 40.8 Å². The van der Waals surface area contributed by atoms with Gasteiger partial charge in [0.15, 0.2) is 0 Å². The van der Waals surface area contributed by atoms with Crippen LogP contribution in [-0.2, 0) is 0 Å². The second-order valence-electron chi connectivity index (χ2n) is 3.24. The van der Waals surface area contributed by atoms with Gasteiger partial charge in [0, 0.05) is 0 Å². The largest absolute Gasteiger partial charge is 0.0558 e. The Morgan fingerprint density at radius 2 is 1.27 bits per heavy atom. The summed E-state index contributed by atoms with van der Waals surface area (Å²) in [5.74, 6) is 0. The molecule has 0 spiro atoms. The van der Waals surface area contributed by atoms with Crippen molar-refractivity contribution in [1.29, 1.82) is 0 Å². The van der Waals surface area contributed by atoms with Crippen molar-refractivity contribution in [2.45, 2.75) is 27.7 Å². The van der Waals surface area contributed by atoms with E-state index in [4.69, 9.17) is 0 Å². The van der Waals surface area contributed by atoms with Crippen molar-refractivity contribution in [1.82, 2.24) is 0 Å². The van der Waals surface area contributed by atoms with Gasteiger partial charge in [-0.1, -0.05) is 6.07 Å². The van der Waals surface area contributed by atoms with Crippen LogP contribution in [-0.4, -0.2) is 0 Å². The van der Waals surface area contributed by atoms with Crippen LogP contribution in [0.2, 0.25) is 0 Å². The summed E-state index contributed by atoms with van der Waals surface area (Å²) in [6.07, 6.45) is 0. The molecule has 0 unspecified atom stereocenters. The van der Waals surface area contributed by atoms with E-state index in [1.54, 1.807) is 0 Å². The highest BCUT2D eigenvalue weighted by Crippen LogP contribution is 2.19. The molecule has 0 aliphatic carbocycles. The molecule has 0 aliphatic rings. The molecular weight excluding hydrogens is 132 g/mol. The Morgan fingerprint density at radius 1 is 0.909 bits per heavy atom. The molecule has 0 aliphatic heterocycles. The van der Waals surface area contributed by atoms with E-state index in [1.165, 1.54) is 27.8 Å². The molecule has 0 fully saturated rings. The van der Waals surface area contributed by atoms with Gasteiger partial charge in [-0.15, -0.1) is 0 Å². The van der Waals surface area contributed by atoms with Gasteiger partial charge in [0.1, 0.15) is 0 Å². The lowest BCUT2D eigenvalue weighted by molar-refractivity contribution is 1.21. The van der Waals surface area contributed by atoms with Crippen molar-refractivity contribution in [2.75, 3.05) is 0 Å². The third-order valence-electron chi connectivity index (χ3n) is 2.52. The molecule has 0 aromatic heterocycles. The molecule has 1 aromatic rings. The van der Waals surface area contributed by atoms with Crippen LogP contribution in [0, 0.1) is 34.6 Å². The Kier molecular flexibility index (Phi) is 2.03. The number of benzene rings is 1. The van der Waals surface area contributed by atoms with Crippen molar-refractivity contribution >= 4 is 0 Å². The Bertz CT molecular complexity index is 256. The zero-order chi connectivity index (χ0) is 8.59. The summed E-state index contributed by atoms with van der Waals surface area (Å²) >= 11 is 0. The van der Waals surface area contributed by atoms with Gasteiger partial charge in [0.2, 0.25) is 0 Å². The van der Waals surface area contributed by atoms with Gasteiger partial charge in [-0.05, 0) is 62.4 Å². The van der Waals surface area contributed by atoms with Gasteiger partial charge >= 0.3 is 0 Å². The molecule has 0 nitrogen and oxygen atoms in total. The minimum Gasteiger partial charge on any atom is -0.0558 e. The lowest BCUT2D eigenvalue weighted by Crippen LogP contribution is -1.93. The first kappa shape index (κ1) is 8.32. The van der Waals surface area contributed by atoms with E-state index in [1.807, 2.05) is 0 Å². The summed E-state index contributed by atoms with van der Waals surface area (Å²) in [7, 11) is 0. The van der Waals surface area contributed by atoms with Crippen molar-refractivity contribution in [2.24, 2.45) is 0 Å². The fourth-order valence-electron chi connectivity index (χ4n) is 1.30. The molecule has 0 saturated carbocycles. The zero-order valence-electron chi connectivity index (χ0n) is 7.78. The average Bonchev–Trinajstić information content (AvgIpc) is 1.97. The summed E-state index contributed by atoms with van der Waals surface area (Å²) < 4.78 is 0. The fourth-order valence-corrected chi connectivity index (χ4v) is 1.30. The molecule has 0 N–H and O–H groups in total. The van der Waals surface area contributed by atoms with E-state index in [-0.39, 0.29) is 0 Å². The van der Waals surface area contributed by atoms with Crippen LogP contribution < -0.4 is 0 Å². The second-order valence-corrected chi connectivity index (χ2v) is 3.24. The maximum atomic E-state index is 4.04. The summed E-state index contributed by atoms with van der Waals surface area (Å²) in [4.78, 5) is 0. The summed E-state index contributed by atoms with van der Waals surface area (Å²) in [6.45, 7) is 12.6. The van der Waals surface area contributed by atoms with Crippen LogP contribution in [0.25, 0.3) is 0 Å². The van der Waals surface area contributed by atoms with E-state index < -0.39 is 0 Å². The smallest absolute Gasteiger partial charge is 0.0233 e. The number of aryl methyl sites for hydroxylation is 2. The summed E-state index contributed by atoms with van der Waals surface area (Å²) in [6, 6.07) is 2.22. The monoisotopic (exact) mass is 147 g/mol. The molecule has 0 heteroatoms. The molecule has 0 atom stereocenters. The lowest BCUT2D eigenvalue weighted by Gasteiger charge is -2.10. The van der Waals surface area contributed by atoms with Gasteiger partial charge in [-0.3, -0.25) is 0 Å². The summed E-state index contributed by atoms with van der Waals surface area (Å²) in [5.41, 5.74) is 6.54. The third kappa shape index (κ3) is 1.30. The standard InChI is InChI=1S/C11H15/c1-7-6-8(2)10(4)11(5)9(7)3/h6H,5H2,1-4H3. The van der Waals surface area contributed by atoms with Crippen LogP contribution >= 0.6 is 0 Å². The van der Waals surface area contributed by atoms with Crippen LogP contribution in [0.5, 0.6) is 0 Å². The van der Waals surface area contributed by atoms with E-state index in [2.05, 4.69) is 40.7 Å². The molecule has 59 valence electrons. The molecule has 0 heterocycles. The first-order valence-corrected chi connectivity index (χ1v) is 3.93. The first-order valence-electron chi connectivity index (χ1n) is 3.93. The summed E-state index contributed by atoms with van der Waals surface area (Å²) in [5, 5.41) is 0. The van der Waals surface area contributed by atoms with Gasteiger partial charge in [0.05, 0.1) is 0 Å². The van der Waals surface area contributed by atoms with Crippen molar-refractivity contribution in [3.63, 3.8) is 0 Å². The van der Waals surface area contributed by atoms with E-state index >= 15 is 0 Å². The Balaban J connectivity index is 3.46. The minimum atomic E-state index is 1.20. The van der Waals surface area contributed by atoms with Gasteiger partial charge in [-0.25, -0.2) is 0 Å². The molecule has 0 bridgehead atoms. The van der Waals surface area contributed by atoms with E-state index in [0.29, 0.717) is 0 Å². The molecule has 1 aromatic carbocycles. The third-order valence-corrected chi connectivity index (χ3v) is 2.52. The Hall–Kier alpha value is -0.780. The molecule has 0 amide bonds. The quantitative estimate of drug-likeness (QED) is 0.529. The highest BCUT2D eigenvalue weighted by atomic mass is 14.1. The first-order chi connectivity index (χ1) is 5.04. The van der Waals surface area contributed by atoms with Crippen LogP contribution in [0.4, 0.5) is 0 Å². The van der Waals surface area contributed by atoms with Crippen molar-refractivity contribution in [3.8, 4) is 0 Å². The highest BCUT2D eigenvalue weighted by Gasteiger charge is 2.02. The van der Waals surface area contributed by atoms with Crippen molar-refractivity contribution < 1.29 is 0 Å². The minimum absolute atomic E-state index is 1.20. The van der Waals surface area contributed by atoms with Crippen LogP contribution in [0.15, 0.2) is 6.07 Å². The predicted octanol–water partition coefficient (Wildman–Crippen LogP) is 3.10. The SMILES string of the molecule is [CH2]c1c(C)c(C)cc(C)c1C. The zero-order valence-corrected chi connectivity index (χ0v) is 7.78. The molecule has 1 rings (SSSR count). The molecular formula is C11H15. The van der Waals surface area contributed by atoms with E-state index in [9.17, 15) is 0 Å². The molecule has 0 saturated heterocycles. The van der Waals surface area contributed by atoms with Gasteiger partial charge in [-0.2, -0.15) is 0 Å². The molecule has 11 heavy (non-hydrogen) atoms. The average molecular weight is 147 g/mol. The van der Waals surface area contributed by atoms with Crippen LogP contribution in [0.3, 0.4) is 0 Å². The highest BCUT2D eigenvalue weighted by molar-refractivity contribution is 5.45. The number of rotatable bonds is 0. The lowest BCUT2D eigenvalue weighted by atomic mass is 9.96. The second kappa shape index (κ2) is 2.69. The van der Waals surface area contributed by atoms with Gasteiger partial charge in [0.25, 0.3) is 0 Å². The van der Waals surface area contributed by atoms with Gasteiger partial charge < -0.3 is 0 Å². The van der Waals surface area contributed by atoms with Crippen LogP contribution in [0.1, 0.15) is 27.8 Å². The topological polar surface area (TPSA) is 0 Å².